The van der Waals surface area contributed by atoms with E-state index in [1.165, 1.54) is 17.4 Å². The van der Waals surface area contributed by atoms with Gasteiger partial charge in [0.1, 0.15) is 6.61 Å². The Labute approximate surface area is 215 Å². The van der Waals surface area contributed by atoms with Crippen LogP contribution in [0.2, 0.25) is 5.02 Å². The molecule has 0 aliphatic carbocycles. The quantitative estimate of drug-likeness (QED) is 0.229. The minimum Gasteiger partial charge on any atom is -0.493 e. The first-order valence-corrected chi connectivity index (χ1v) is 12.3. The molecule has 34 heavy (non-hydrogen) atoms. The van der Waals surface area contributed by atoms with Crippen LogP contribution in [0.3, 0.4) is 0 Å². The number of rotatable bonds is 8. The van der Waals surface area contributed by atoms with Gasteiger partial charge in [0.15, 0.2) is 16.6 Å². The number of hydrogen-bond acceptors (Lipinski definition) is 5. The van der Waals surface area contributed by atoms with Gasteiger partial charge in [0.2, 0.25) is 5.91 Å². The summed E-state index contributed by atoms with van der Waals surface area (Å²) < 4.78 is 12.2. The summed E-state index contributed by atoms with van der Waals surface area (Å²) in [5, 5.41) is 5.86. The minimum atomic E-state index is -0.281. The molecule has 4 aromatic rings. The van der Waals surface area contributed by atoms with Crippen molar-refractivity contribution in [2.45, 2.75) is 6.61 Å². The van der Waals surface area contributed by atoms with E-state index >= 15 is 0 Å². The van der Waals surface area contributed by atoms with Gasteiger partial charge in [0.05, 0.1) is 17.3 Å². The second kappa shape index (κ2) is 11.3. The van der Waals surface area contributed by atoms with Gasteiger partial charge in [-0.25, -0.2) is 4.98 Å². The van der Waals surface area contributed by atoms with Gasteiger partial charge in [0, 0.05) is 22.0 Å². The first-order chi connectivity index (χ1) is 16.5. The molecule has 0 atom stereocenters. The molecule has 0 bridgehead atoms. The summed E-state index contributed by atoms with van der Waals surface area (Å²) in [6, 6.07) is 21.0. The number of carbonyl (C=O) groups excluding carboxylic acids is 1. The first kappa shape index (κ1) is 24.0. The van der Waals surface area contributed by atoms with Crippen LogP contribution < -0.4 is 14.8 Å². The van der Waals surface area contributed by atoms with Crippen molar-refractivity contribution >= 4 is 56.0 Å². The second-order valence-electron chi connectivity index (χ2n) is 7.18. The van der Waals surface area contributed by atoms with Crippen LogP contribution in [0.15, 0.2) is 82.7 Å². The van der Waals surface area contributed by atoms with Crippen LogP contribution >= 0.6 is 38.9 Å². The van der Waals surface area contributed by atoms with Crippen LogP contribution in [-0.4, -0.2) is 18.0 Å². The summed E-state index contributed by atoms with van der Waals surface area (Å²) in [5.74, 6) is 0.889. The molecule has 0 unspecified atom stereocenters. The summed E-state index contributed by atoms with van der Waals surface area (Å²) in [7, 11) is 1.58. The lowest BCUT2D eigenvalue weighted by atomic mass is 10.2. The summed E-state index contributed by atoms with van der Waals surface area (Å²) in [6.07, 6.45) is 3.16. The third-order valence-electron chi connectivity index (χ3n) is 4.78. The van der Waals surface area contributed by atoms with Crippen molar-refractivity contribution < 1.29 is 14.3 Å². The molecule has 0 fully saturated rings. The Kier molecular flexibility index (Phi) is 8.00. The van der Waals surface area contributed by atoms with E-state index < -0.39 is 0 Å². The highest BCUT2D eigenvalue weighted by molar-refractivity contribution is 9.10. The number of aromatic nitrogens is 1. The summed E-state index contributed by atoms with van der Waals surface area (Å²) in [4.78, 5) is 16.9. The molecule has 0 radical (unpaired) electrons. The van der Waals surface area contributed by atoms with Crippen LogP contribution in [0, 0.1) is 0 Å². The van der Waals surface area contributed by atoms with E-state index in [1.807, 2.05) is 72.1 Å². The fourth-order valence-corrected chi connectivity index (χ4v) is 4.53. The molecule has 0 aliphatic rings. The Bertz CT molecular complexity index is 1310. The van der Waals surface area contributed by atoms with Crippen molar-refractivity contribution in [1.82, 2.24) is 4.98 Å². The molecule has 1 aromatic heterocycles. The van der Waals surface area contributed by atoms with Crippen LogP contribution in [-0.2, 0) is 11.4 Å². The van der Waals surface area contributed by atoms with Crippen LogP contribution in [0.4, 0.5) is 5.13 Å². The Balaban J connectivity index is 1.41. The minimum absolute atomic E-state index is 0.281. The number of thiazole rings is 1. The highest BCUT2D eigenvalue weighted by Gasteiger charge is 2.12. The largest absolute Gasteiger partial charge is 0.493 e. The number of methoxy groups -OCH3 is 1. The van der Waals surface area contributed by atoms with Gasteiger partial charge in [-0.15, -0.1) is 11.3 Å². The molecular formula is C26H20BrClN2O3S. The fourth-order valence-electron chi connectivity index (χ4n) is 3.11. The van der Waals surface area contributed by atoms with Gasteiger partial charge in [-0.2, -0.15) is 0 Å². The van der Waals surface area contributed by atoms with Gasteiger partial charge >= 0.3 is 0 Å². The zero-order valence-electron chi connectivity index (χ0n) is 18.1. The lowest BCUT2D eigenvalue weighted by molar-refractivity contribution is -0.111. The lowest BCUT2D eigenvalue weighted by Gasteiger charge is -2.13. The standard InChI is InChI=1S/C26H20BrClN2O3S/c1-32-23-14-18(13-21(27)25(23)33-15-17-5-3-2-4-6-17)7-12-24(31)30-26-29-22(16-34-26)19-8-10-20(28)11-9-19/h2-14,16H,15H2,1H3,(H,29,30,31). The first-order valence-electron chi connectivity index (χ1n) is 10.3. The molecule has 0 spiro atoms. The van der Waals surface area contributed by atoms with E-state index in [2.05, 4.69) is 26.2 Å². The number of benzene rings is 3. The number of hydrogen-bond donors (Lipinski definition) is 1. The number of nitrogens with one attached hydrogen (secondary N) is 1. The zero-order chi connectivity index (χ0) is 23.9. The van der Waals surface area contributed by atoms with Crippen LogP contribution in [0.25, 0.3) is 17.3 Å². The number of nitrogens with zero attached hydrogens (tertiary/aromatic N) is 1. The maximum Gasteiger partial charge on any atom is 0.250 e. The summed E-state index contributed by atoms with van der Waals surface area (Å²) >= 11 is 10.8. The number of amides is 1. The monoisotopic (exact) mass is 554 g/mol. The predicted octanol–water partition coefficient (Wildman–Crippen LogP) is 7.47. The molecule has 5 nitrogen and oxygen atoms in total. The molecule has 8 heteroatoms. The second-order valence-corrected chi connectivity index (χ2v) is 9.32. The molecule has 3 aromatic carbocycles. The van der Waals surface area contributed by atoms with E-state index in [4.69, 9.17) is 21.1 Å². The normalized spacial score (nSPS) is 10.9. The Morgan fingerprint density at radius 2 is 1.91 bits per heavy atom. The van der Waals surface area contributed by atoms with E-state index in [9.17, 15) is 4.79 Å². The highest BCUT2D eigenvalue weighted by Crippen LogP contribution is 2.37. The van der Waals surface area contributed by atoms with Crippen LogP contribution in [0.5, 0.6) is 11.5 Å². The van der Waals surface area contributed by atoms with Gasteiger partial charge in [-0.05, 0) is 57.4 Å². The maximum atomic E-state index is 12.4. The smallest absolute Gasteiger partial charge is 0.250 e. The van der Waals surface area contributed by atoms with E-state index in [0.717, 1.165) is 26.9 Å². The number of ether oxygens (including phenoxy) is 2. The fraction of sp³-hybridized carbons (Fsp3) is 0.0769. The van der Waals surface area contributed by atoms with Crippen molar-refractivity contribution in [2.75, 3.05) is 12.4 Å². The maximum absolute atomic E-state index is 12.4. The summed E-state index contributed by atoms with van der Waals surface area (Å²) in [5.41, 5.74) is 3.55. The lowest BCUT2D eigenvalue weighted by Crippen LogP contribution is -2.07. The molecular weight excluding hydrogens is 536 g/mol. The Morgan fingerprint density at radius 3 is 2.65 bits per heavy atom. The SMILES string of the molecule is COc1cc(C=CC(=O)Nc2nc(-c3ccc(Cl)cc3)cs2)cc(Br)c1OCc1ccccc1. The molecule has 1 N–H and O–H groups in total. The number of anilines is 1. The average molecular weight is 556 g/mol. The zero-order valence-corrected chi connectivity index (χ0v) is 21.3. The molecule has 172 valence electrons. The van der Waals surface area contributed by atoms with Gasteiger partial charge < -0.3 is 9.47 Å². The third-order valence-corrected chi connectivity index (χ3v) is 6.38. The molecule has 1 heterocycles. The number of carbonyl (C=O) groups is 1. The van der Waals surface area contributed by atoms with Crippen LogP contribution in [0.1, 0.15) is 11.1 Å². The molecule has 1 amide bonds. The average Bonchev–Trinajstić information content (AvgIpc) is 3.31. The Morgan fingerprint density at radius 1 is 1.15 bits per heavy atom. The molecule has 0 saturated carbocycles. The molecule has 0 aliphatic heterocycles. The van der Waals surface area contributed by atoms with Gasteiger partial charge in [0.25, 0.3) is 0 Å². The predicted molar refractivity (Wildman–Crippen MR) is 142 cm³/mol. The van der Waals surface area contributed by atoms with Crippen molar-refractivity contribution in [3.05, 3.63) is 98.8 Å². The van der Waals surface area contributed by atoms with Gasteiger partial charge in [-0.1, -0.05) is 54.1 Å². The molecule has 0 saturated heterocycles. The van der Waals surface area contributed by atoms with Gasteiger partial charge in [-0.3, -0.25) is 10.1 Å². The van der Waals surface area contributed by atoms with Crippen molar-refractivity contribution in [3.8, 4) is 22.8 Å². The van der Waals surface area contributed by atoms with Crippen molar-refractivity contribution in [3.63, 3.8) is 0 Å². The van der Waals surface area contributed by atoms with E-state index in [-0.39, 0.29) is 5.91 Å². The molecule has 4 rings (SSSR count). The summed E-state index contributed by atoms with van der Waals surface area (Å²) in [6.45, 7) is 0.416. The van der Waals surface area contributed by atoms with E-state index in [0.29, 0.717) is 28.3 Å². The topological polar surface area (TPSA) is 60.5 Å². The Hall–Kier alpha value is -3.13. The highest BCUT2D eigenvalue weighted by atomic mass is 79.9. The third kappa shape index (κ3) is 6.26. The van der Waals surface area contributed by atoms with Crippen molar-refractivity contribution in [2.24, 2.45) is 0 Å². The van der Waals surface area contributed by atoms with Crippen molar-refractivity contribution in [1.29, 1.82) is 0 Å². The number of halogens is 2. The van der Waals surface area contributed by atoms with E-state index in [1.54, 1.807) is 13.2 Å².